The number of carboxylic acids is 1. The fourth-order valence-electron chi connectivity index (χ4n) is 3.77. The monoisotopic (exact) mass is 384 g/mol. The van der Waals surface area contributed by atoms with Crippen molar-refractivity contribution >= 4 is 11.5 Å². The molecule has 29 heavy (non-hydrogen) atoms. The number of benzene rings is 3. The van der Waals surface area contributed by atoms with Crippen LogP contribution in [0.15, 0.2) is 72.8 Å². The van der Waals surface area contributed by atoms with Crippen LogP contribution >= 0.6 is 0 Å². The number of aliphatic carboxylic acids is 1. The summed E-state index contributed by atoms with van der Waals surface area (Å²) in [7, 11) is 0. The van der Waals surface area contributed by atoms with Crippen molar-refractivity contribution in [1.82, 2.24) is 0 Å². The Balaban J connectivity index is 1.37. The van der Waals surface area contributed by atoms with Crippen molar-refractivity contribution in [2.24, 2.45) is 0 Å². The molecule has 1 N–H and O–H groups in total. The van der Waals surface area contributed by atoms with E-state index in [0.29, 0.717) is 13.0 Å². The first-order chi connectivity index (χ1) is 14.1. The first-order valence-corrected chi connectivity index (χ1v) is 9.92. The van der Waals surface area contributed by atoms with E-state index in [0.717, 1.165) is 17.7 Å². The van der Waals surface area contributed by atoms with Crippen LogP contribution in [-0.4, -0.2) is 17.7 Å². The van der Waals surface area contributed by atoms with Gasteiger partial charge in [0, 0.05) is 6.42 Å². The number of hydrogen-bond acceptors (Lipinski definition) is 2. The Kier molecular flexibility index (Phi) is 5.48. The van der Waals surface area contributed by atoms with Crippen molar-refractivity contribution in [3.8, 4) is 16.9 Å². The van der Waals surface area contributed by atoms with E-state index < -0.39 is 5.97 Å². The highest BCUT2D eigenvalue weighted by Crippen LogP contribution is 2.37. The van der Waals surface area contributed by atoms with E-state index in [4.69, 9.17) is 9.84 Å². The van der Waals surface area contributed by atoms with Crippen molar-refractivity contribution in [2.75, 3.05) is 6.61 Å². The Hall–Kier alpha value is -3.33. The quantitative estimate of drug-likeness (QED) is 0.441. The number of aryl methyl sites for hydroxylation is 1. The maximum atomic E-state index is 10.7. The molecule has 146 valence electrons. The van der Waals surface area contributed by atoms with Crippen LogP contribution in [0.3, 0.4) is 0 Å². The molecule has 0 saturated carbocycles. The summed E-state index contributed by atoms with van der Waals surface area (Å²) in [5, 5.41) is 8.76. The zero-order chi connectivity index (χ0) is 20.2. The van der Waals surface area contributed by atoms with Crippen molar-refractivity contribution in [3.05, 3.63) is 95.1 Å². The highest BCUT2D eigenvalue weighted by Gasteiger charge is 2.17. The molecule has 0 saturated heterocycles. The Morgan fingerprint density at radius 1 is 1.00 bits per heavy atom. The van der Waals surface area contributed by atoms with Crippen LogP contribution in [0, 0.1) is 0 Å². The molecule has 0 heterocycles. The first-order valence-electron chi connectivity index (χ1n) is 9.92. The zero-order valence-electron chi connectivity index (χ0n) is 16.5. The minimum Gasteiger partial charge on any atom is -0.490 e. The lowest BCUT2D eigenvalue weighted by molar-refractivity contribution is -0.136. The lowest BCUT2D eigenvalue weighted by Crippen LogP contribution is -1.98. The van der Waals surface area contributed by atoms with Gasteiger partial charge in [-0.3, -0.25) is 4.79 Å². The summed E-state index contributed by atoms with van der Waals surface area (Å²) in [5.41, 5.74) is 8.91. The molecule has 0 fully saturated rings. The highest BCUT2D eigenvalue weighted by atomic mass is 16.5. The third-order valence-corrected chi connectivity index (χ3v) is 5.44. The average Bonchev–Trinajstić information content (AvgIpc) is 3.11. The molecular formula is C26H24O3. The Morgan fingerprint density at radius 2 is 1.76 bits per heavy atom. The lowest BCUT2D eigenvalue weighted by atomic mass is 10.00. The van der Waals surface area contributed by atoms with Crippen LogP contribution in [0.4, 0.5) is 0 Å². The third kappa shape index (κ3) is 4.40. The van der Waals surface area contributed by atoms with Crippen LogP contribution < -0.4 is 4.74 Å². The summed E-state index contributed by atoms with van der Waals surface area (Å²) in [6, 6.07) is 22.9. The van der Waals surface area contributed by atoms with Gasteiger partial charge in [-0.15, -0.1) is 0 Å². The fourth-order valence-corrected chi connectivity index (χ4v) is 3.77. The van der Waals surface area contributed by atoms with Crippen LogP contribution in [0.2, 0.25) is 0 Å². The first kappa shape index (κ1) is 19.0. The van der Waals surface area contributed by atoms with E-state index in [1.165, 1.54) is 33.4 Å². The predicted octanol–water partition coefficient (Wildman–Crippen LogP) is 5.76. The van der Waals surface area contributed by atoms with Gasteiger partial charge in [0.2, 0.25) is 0 Å². The predicted molar refractivity (Wildman–Crippen MR) is 116 cm³/mol. The summed E-state index contributed by atoms with van der Waals surface area (Å²) in [5.74, 6) is 0.0129. The van der Waals surface area contributed by atoms with Crippen molar-refractivity contribution < 1.29 is 14.6 Å². The SMILES string of the molecule is CC(=CCOc1ccc(CCC(=O)O)cc1)c1ccc2c(c1)Cc1ccccc1-2. The van der Waals surface area contributed by atoms with Gasteiger partial charge in [0.1, 0.15) is 12.4 Å². The van der Waals surface area contributed by atoms with Gasteiger partial charge in [0.05, 0.1) is 0 Å². The number of hydrogen-bond donors (Lipinski definition) is 1. The maximum Gasteiger partial charge on any atom is 0.303 e. The minimum absolute atomic E-state index is 0.147. The molecule has 0 atom stereocenters. The molecule has 0 radical (unpaired) electrons. The van der Waals surface area contributed by atoms with Gasteiger partial charge < -0.3 is 9.84 Å². The van der Waals surface area contributed by atoms with Gasteiger partial charge in [0.15, 0.2) is 0 Å². The van der Waals surface area contributed by atoms with Crippen molar-refractivity contribution in [2.45, 2.75) is 26.2 Å². The third-order valence-electron chi connectivity index (χ3n) is 5.44. The minimum atomic E-state index is -0.777. The Bertz CT molecular complexity index is 1060. The molecule has 0 unspecified atom stereocenters. The number of rotatable bonds is 7. The van der Waals surface area contributed by atoms with Gasteiger partial charge >= 0.3 is 5.97 Å². The van der Waals surface area contributed by atoms with E-state index in [-0.39, 0.29) is 6.42 Å². The summed E-state index contributed by atoms with van der Waals surface area (Å²) < 4.78 is 5.83. The van der Waals surface area contributed by atoms with E-state index in [1.54, 1.807) is 0 Å². The van der Waals surface area contributed by atoms with Gasteiger partial charge in [-0.1, -0.05) is 54.6 Å². The normalized spacial score (nSPS) is 12.4. The molecule has 3 aromatic carbocycles. The van der Waals surface area contributed by atoms with Crippen LogP contribution in [-0.2, 0) is 17.6 Å². The summed E-state index contributed by atoms with van der Waals surface area (Å²) >= 11 is 0. The summed E-state index contributed by atoms with van der Waals surface area (Å²) in [6.07, 6.45) is 3.78. The van der Waals surface area contributed by atoms with E-state index in [2.05, 4.69) is 55.5 Å². The number of carboxylic acid groups (broad SMARTS) is 1. The van der Waals surface area contributed by atoms with E-state index >= 15 is 0 Å². The number of allylic oxidation sites excluding steroid dienone is 1. The molecule has 4 rings (SSSR count). The second-order valence-electron chi connectivity index (χ2n) is 7.44. The van der Waals surface area contributed by atoms with Crippen LogP contribution in [0.25, 0.3) is 16.7 Å². The number of ether oxygens (including phenoxy) is 1. The second kappa shape index (κ2) is 8.36. The molecule has 1 aliphatic carbocycles. The van der Waals surface area contributed by atoms with Gasteiger partial charge in [-0.2, -0.15) is 0 Å². The smallest absolute Gasteiger partial charge is 0.303 e. The van der Waals surface area contributed by atoms with Gasteiger partial charge in [0.25, 0.3) is 0 Å². The van der Waals surface area contributed by atoms with Crippen LogP contribution in [0.1, 0.15) is 35.6 Å². The fraction of sp³-hybridized carbons (Fsp3) is 0.192. The Labute approximate surface area is 171 Å². The van der Waals surface area contributed by atoms with Crippen LogP contribution in [0.5, 0.6) is 5.75 Å². The molecule has 0 aliphatic heterocycles. The molecule has 0 spiro atoms. The Morgan fingerprint density at radius 3 is 2.55 bits per heavy atom. The average molecular weight is 384 g/mol. The van der Waals surface area contributed by atoms with Gasteiger partial charge in [-0.25, -0.2) is 0 Å². The van der Waals surface area contributed by atoms with Gasteiger partial charge in [-0.05, 0) is 76.9 Å². The molecule has 0 aromatic heterocycles. The van der Waals surface area contributed by atoms with Crippen molar-refractivity contribution in [3.63, 3.8) is 0 Å². The highest BCUT2D eigenvalue weighted by molar-refractivity contribution is 5.79. The molecule has 0 bridgehead atoms. The van der Waals surface area contributed by atoms with E-state index in [9.17, 15) is 4.79 Å². The molecule has 1 aliphatic rings. The summed E-state index contributed by atoms with van der Waals surface area (Å²) in [4.78, 5) is 10.7. The topological polar surface area (TPSA) is 46.5 Å². The lowest BCUT2D eigenvalue weighted by Gasteiger charge is -2.08. The maximum absolute atomic E-state index is 10.7. The summed E-state index contributed by atoms with van der Waals surface area (Å²) in [6.45, 7) is 2.61. The molecular weight excluding hydrogens is 360 g/mol. The number of carbonyl (C=O) groups is 1. The molecule has 3 heteroatoms. The molecule has 3 nitrogen and oxygen atoms in total. The van der Waals surface area contributed by atoms with E-state index in [1.807, 2.05) is 24.3 Å². The molecule has 3 aromatic rings. The number of fused-ring (bicyclic) bond motifs is 3. The zero-order valence-corrected chi connectivity index (χ0v) is 16.5. The largest absolute Gasteiger partial charge is 0.490 e. The van der Waals surface area contributed by atoms with Crippen molar-refractivity contribution in [1.29, 1.82) is 0 Å². The standard InChI is InChI=1S/C26H24O3/c1-18(14-15-29-23-10-6-19(7-11-23)8-13-26(27)28)20-9-12-25-22(16-20)17-21-4-2-3-5-24(21)25/h2-7,9-12,14,16H,8,13,15,17H2,1H3,(H,27,28). The molecule has 0 amide bonds. The second-order valence-corrected chi connectivity index (χ2v) is 7.44.